The number of fused-ring (bicyclic) bond motifs is 1. The molecule has 7 nitrogen and oxygen atoms in total. The summed E-state index contributed by atoms with van der Waals surface area (Å²) in [5.74, 6) is -1.66. The molecular weight excluding hydrogens is 449 g/mol. The van der Waals surface area contributed by atoms with Crippen molar-refractivity contribution >= 4 is 34.1 Å². The summed E-state index contributed by atoms with van der Waals surface area (Å²) >= 11 is 6.46. The van der Waals surface area contributed by atoms with Crippen molar-refractivity contribution in [2.75, 3.05) is 13.2 Å². The monoisotopic (exact) mass is 467 g/mol. The fraction of sp³-hybridized carbons (Fsp3) is 0.125. The zero-order valence-corrected chi connectivity index (χ0v) is 18.0. The third kappa shape index (κ3) is 4.96. The zero-order chi connectivity index (χ0) is 23.4. The Hall–Kier alpha value is -3.91. The number of ether oxygens (including phenoxy) is 1. The van der Waals surface area contributed by atoms with Gasteiger partial charge in [0.2, 0.25) is 5.82 Å². The van der Waals surface area contributed by atoms with E-state index in [9.17, 15) is 19.3 Å². The quantitative estimate of drug-likeness (QED) is 0.275. The number of aromatic nitrogens is 1. The van der Waals surface area contributed by atoms with Gasteiger partial charge in [-0.1, -0.05) is 48.0 Å². The number of hydrogen-bond donors (Lipinski definition) is 2. The summed E-state index contributed by atoms with van der Waals surface area (Å²) in [4.78, 5) is 25.6. The molecule has 0 spiro atoms. The molecule has 4 aromatic rings. The Labute approximate surface area is 193 Å². The normalized spacial score (nSPS) is 11.8. The number of rotatable bonds is 8. The third-order valence-corrected chi connectivity index (χ3v) is 5.61. The molecule has 0 fully saturated rings. The van der Waals surface area contributed by atoms with Gasteiger partial charge in [0.05, 0.1) is 4.92 Å². The van der Waals surface area contributed by atoms with Crippen molar-refractivity contribution in [3.05, 3.63) is 105 Å². The molecule has 0 aliphatic rings. The number of carbonyl (C=O) groups is 1. The van der Waals surface area contributed by atoms with Crippen LogP contribution in [-0.4, -0.2) is 29.0 Å². The maximum atomic E-state index is 13.8. The second kappa shape index (κ2) is 9.70. The number of para-hydroxylation sites is 1. The fourth-order valence-corrected chi connectivity index (χ4v) is 3.94. The van der Waals surface area contributed by atoms with Crippen LogP contribution in [0.1, 0.15) is 17.0 Å². The number of hydrogen-bond acceptors (Lipinski definition) is 4. The summed E-state index contributed by atoms with van der Waals surface area (Å²) in [6.45, 7) is -0.122. The highest BCUT2D eigenvalue weighted by molar-refractivity contribution is 6.31. The van der Waals surface area contributed by atoms with Crippen LogP contribution in [-0.2, 0) is 4.79 Å². The van der Waals surface area contributed by atoms with Gasteiger partial charge in [-0.05, 0) is 29.3 Å². The molecule has 1 atom stereocenters. The van der Waals surface area contributed by atoms with E-state index in [2.05, 4.69) is 10.3 Å². The average Bonchev–Trinajstić information content (AvgIpc) is 3.23. The maximum Gasteiger partial charge on any atom is 0.305 e. The smallest absolute Gasteiger partial charge is 0.305 e. The largest absolute Gasteiger partial charge is 0.484 e. The van der Waals surface area contributed by atoms with Crippen molar-refractivity contribution < 1.29 is 18.8 Å². The highest BCUT2D eigenvalue weighted by Crippen LogP contribution is 2.34. The van der Waals surface area contributed by atoms with Crippen molar-refractivity contribution in [3.8, 4) is 5.75 Å². The third-order valence-electron chi connectivity index (χ3n) is 5.27. The zero-order valence-electron chi connectivity index (χ0n) is 17.3. The second-order valence-electron chi connectivity index (χ2n) is 7.33. The number of H-pyrrole nitrogens is 1. The summed E-state index contributed by atoms with van der Waals surface area (Å²) in [5.41, 5.74) is 2.16. The average molecular weight is 468 g/mol. The van der Waals surface area contributed by atoms with Crippen molar-refractivity contribution in [1.29, 1.82) is 0 Å². The molecule has 0 saturated heterocycles. The molecule has 33 heavy (non-hydrogen) atoms. The van der Waals surface area contributed by atoms with Crippen molar-refractivity contribution in [1.82, 2.24) is 10.3 Å². The van der Waals surface area contributed by atoms with Crippen LogP contribution in [0.3, 0.4) is 0 Å². The molecule has 1 aromatic heterocycles. The molecule has 4 rings (SSSR count). The van der Waals surface area contributed by atoms with E-state index in [-0.39, 0.29) is 24.8 Å². The molecule has 0 radical (unpaired) electrons. The van der Waals surface area contributed by atoms with Crippen LogP contribution < -0.4 is 10.1 Å². The number of nitrogens with one attached hydrogen (secondary N) is 2. The molecule has 1 amide bonds. The first kappa shape index (κ1) is 22.3. The second-order valence-corrected chi connectivity index (χ2v) is 7.73. The van der Waals surface area contributed by atoms with Crippen LogP contribution in [0.4, 0.5) is 10.1 Å². The summed E-state index contributed by atoms with van der Waals surface area (Å²) in [5, 5.41) is 15.2. The van der Waals surface area contributed by atoms with Crippen LogP contribution in [0, 0.1) is 15.9 Å². The predicted octanol–water partition coefficient (Wildman–Crippen LogP) is 5.20. The highest BCUT2D eigenvalue weighted by atomic mass is 35.5. The predicted molar refractivity (Wildman–Crippen MR) is 123 cm³/mol. The van der Waals surface area contributed by atoms with Gasteiger partial charge in [0.15, 0.2) is 6.61 Å². The lowest BCUT2D eigenvalue weighted by Crippen LogP contribution is -2.32. The van der Waals surface area contributed by atoms with Gasteiger partial charge < -0.3 is 15.0 Å². The van der Waals surface area contributed by atoms with Crippen LogP contribution in [0.15, 0.2) is 72.9 Å². The Kier molecular flexibility index (Phi) is 6.55. The van der Waals surface area contributed by atoms with Gasteiger partial charge in [-0.3, -0.25) is 14.9 Å². The molecule has 3 aromatic carbocycles. The molecule has 0 saturated carbocycles. The first-order chi connectivity index (χ1) is 15.9. The molecule has 1 heterocycles. The van der Waals surface area contributed by atoms with E-state index in [4.69, 9.17) is 16.3 Å². The minimum atomic E-state index is -1.03. The van der Waals surface area contributed by atoms with Gasteiger partial charge in [0.25, 0.3) is 5.91 Å². The van der Waals surface area contributed by atoms with Gasteiger partial charge >= 0.3 is 5.69 Å². The van der Waals surface area contributed by atoms with E-state index in [0.717, 1.165) is 34.2 Å². The summed E-state index contributed by atoms with van der Waals surface area (Å²) in [6, 6.07) is 18.4. The number of nitro benzene ring substituents is 1. The standard InChI is InChI=1S/C24H19ClFN3O4/c25-20-7-3-1-5-16(20)18(19-12-27-22-8-4-2-6-17(19)22)13-28-24(30)14-33-15-9-10-23(29(31)32)21(26)11-15/h1-12,18,27H,13-14H2,(H,28,30). The topological polar surface area (TPSA) is 97.3 Å². The number of nitro groups is 1. The lowest BCUT2D eigenvalue weighted by atomic mass is 9.91. The SMILES string of the molecule is O=C(COc1ccc([N+](=O)[O-])c(F)c1)NCC(c1ccccc1Cl)c1c[nH]c2ccccc12. The summed E-state index contributed by atoms with van der Waals surface area (Å²) in [6.07, 6.45) is 1.90. The number of halogens is 2. The molecule has 1 unspecified atom stereocenters. The van der Waals surface area contributed by atoms with Gasteiger partial charge in [0, 0.05) is 46.7 Å². The van der Waals surface area contributed by atoms with E-state index in [0.29, 0.717) is 5.02 Å². The van der Waals surface area contributed by atoms with Gasteiger partial charge in [0.1, 0.15) is 5.75 Å². The first-order valence-electron chi connectivity index (χ1n) is 10.1. The van der Waals surface area contributed by atoms with E-state index in [1.807, 2.05) is 48.7 Å². The minimum absolute atomic E-state index is 0.0209. The number of nitrogens with zero attached hydrogens (tertiary/aromatic N) is 1. The number of aromatic amines is 1. The molecule has 2 N–H and O–H groups in total. The Balaban J connectivity index is 1.48. The molecule has 0 bridgehead atoms. The number of amides is 1. The van der Waals surface area contributed by atoms with Crippen molar-refractivity contribution in [3.63, 3.8) is 0 Å². The van der Waals surface area contributed by atoms with E-state index >= 15 is 0 Å². The lowest BCUT2D eigenvalue weighted by Gasteiger charge is -2.19. The van der Waals surface area contributed by atoms with Crippen molar-refractivity contribution in [2.45, 2.75) is 5.92 Å². The Morgan fingerprint density at radius 3 is 2.64 bits per heavy atom. The molecule has 9 heteroatoms. The van der Waals surface area contributed by atoms with Crippen LogP contribution in [0.2, 0.25) is 5.02 Å². The minimum Gasteiger partial charge on any atom is -0.484 e. The van der Waals surface area contributed by atoms with Gasteiger partial charge in [-0.25, -0.2) is 0 Å². The van der Waals surface area contributed by atoms with Crippen LogP contribution in [0.5, 0.6) is 5.75 Å². The number of benzene rings is 3. The molecule has 0 aliphatic carbocycles. The van der Waals surface area contributed by atoms with Gasteiger partial charge in [-0.2, -0.15) is 4.39 Å². The maximum absolute atomic E-state index is 13.8. The highest BCUT2D eigenvalue weighted by Gasteiger charge is 2.21. The van der Waals surface area contributed by atoms with Crippen LogP contribution in [0.25, 0.3) is 10.9 Å². The van der Waals surface area contributed by atoms with E-state index < -0.39 is 22.3 Å². The lowest BCUT2D eigenvalue weighted by molar-refractivity contribution is -0.387. The Morgan fingerprint density at radius 1 is 1.12 bits per heavy atom. The van der Waals surface area contributed by atoms with Gasteiger partial charge in [-0.15, -0.1) is 0 Å². The molecular formula is C24H19ClFN3O4. The summed E-state index contributed by atoms with van der Waals surface area (Å²) in [7, 11) is 0. The van der Waals surface area contributed by atoms with E-state index in [1.54, 1.807) is 6.07 Å². The van der Waals surface area contributed by atoms with E-state index in [1.165, 1.54) is 6.07 Å². The molecule has 0 aliphatic heterocycles. The first-order valence-corrected chi connectivity index (χ1v) is 10.5. The Bertz CT molecular complexity index is 1320. The van der Waals surface area contributed by atoms with Crippen molar-refractivity contribution in [2.24, 2.45) is 0 Å². The summed E-state index contributed by atoms with van der Waals surface area (Å²) < 4.78 is 19.1. The fourth-order valence-electron chi connectivity index (χ4n) is 3.67. The number of carbonyl (C=O) groups excluding carboxylic acids is 1. The Morgan fingerprint density at radius 2 is 1.88 bits per heavy atom. The van der Waals surface area contributed by atoms with Crippen LogP contribution >= 0.6 is 11.6 Å². The molecule has 168 valence electrons.